The van der Waals surface area contributed by atoms with Gasteiger partial charge in [-0.05, 0) is 51.6 Å². The van der Waals surface area contributed by atoms with E-state index in [9.17, 15) is 4.79 Å². The first-order valence-electron chi connectivity index (χ1n) is 7.51. The first-order valence-corrected chi connectivity index (χ1v) is 7.51. The maximum Gasteiger partial charge on any atom is 0.256 e. The van der Waals surface area contributed by atoms with Crippen LogP contribution in [0, 0.1) is 6.92 Å². The lowest BCUT2D eigenvalue weighted by atomic mass is 10.1. The Balaban J connectivity index is 2.19. The Bertz CT molecular complexity index is 475. The molecule has 1 aromatic rings. The highest BCUT2D eigenvalue weighted by atomic mass is 16.2. The number of aromatic nitrogens is 2. The van der Waals surface area contributed by atoms with E-state index >= 15 is 0 Å². The molecule has 2 N–H and O–H groups in total. The summed E-state index contributed by atoms with van der Waals surface area (Å²) in [7, 11) is 0. The number of rotatable bonds is 5. The highest BCUT2D eigenvalue weighted by Gasteiger charge is 2.30. The van der Waals surface area contributed by atoms with E-state index in [2.05, 4.69) is 10.2 Å². The van der Waals surface area contributed by atoms with Gasteiger partial charge in [0, 0.05) is 12.6 Å². The van der Waals surface area contributed by atoms with Gasteiger partial charge in [-0.3, -0.25) is 4.79 Å². The van der Waals surface area contributed by atoms with Crippen molar-refractivity contribution in [3.05, 3.63) is 23.0 Å². The summed E-state index contributed by atoms with van der Waals surface area (Å²) in [6.45, 7) is 5.42. The van der Waals surface area contributed by atoms with E-state index in [4.69, 9.17) is 5.73 Å². The van der Waals surface area contributed by atoms with Crippen molar-refractivity contribution in [2.75, 3.05) is 13.1 Å². The second-order valence-electron chi connectivity index (χ2n) is 5.43. The van der Waals surface area contributed by atoms with Gasteiger partial charge in [-0.15, -0.1) is 0 Å². The number of carbonyl (C=O) groups excluding carboxylic acids is 1. The Hall–Kier alpha value is -1.49. The van der Waals surface area contributed by atoms with E-state index in [1.165, 1.54) is 0 Å². The van der Waals surface area contributed by atoms with Gasteiger partial charge in [0.1, 0.15) is 0 Å². The fourth-order valence-corrected chi connectivity index (χ4v) is 2.87. The third-order valence-corrected chi connectivity index (χ3v) is 3.94. The van der Waals surface area contributed by atoms with Gasteiger partial charge < -0.3 is 10.6 Å². The average Bonchev–Trinajstić information content (AvgIpc) is 2.92. The summed E-state index contributed by atoms with van der Waals surface area (Å²) in [5.74, 6) is 0.111. The van der Waals surface area contributed by atoms with Gasteiger partial charge in [-0.1, -0.05) is 6.92 Å². The molecule has 1 saturated heterocycles. The number of aryl methyl sites for hydroxylation is 2. The van der Waals surface area contributed by atoms with Crippen LogP contribution in [0.4, 0.5) is 0 Å². The van der Waals surface area contributed by atoms with E-state index in [0.29, 0.717) is 12.6 Å². The van der Waals surface area contributed by atoms with Crippen molar-refractivity contribution in [2.24, 2.45) is 5.73 Å². The molecular weight excluding hydrogens is 252 g/mol. The van der Waals surface area contributed by atoms with E-state index < -0.39 is 0 Å². The first-order chi connectivity index (χ1) is 9.67. The lowest BCUT2D eigenvalue weighted by Gasteiger charge is -2.25. The van der Waals surface area contributed by atoms with Crippen LogP contribution in [0.25, 0.3) is 0 Å². The van der Waals surface area contributed by atoms with Crippen LogP contribution in [0.3, 0.4) is 0 Å². The van der Waals surface area contributed by atoms with Crippen LogP contribution < -0.4 is 5.73 Å². The Labute approximate surface area is 120 Å². The SMILES string of the molecule is CCc1nnc(C)cc1C(=O)N1CCCC1CCCN. The zero-order valence-corrected chi connectivity index (χ0v) is 12.4. The van der Waals surface area contributed by atoms with Crippen molar-refractivity contribution in [2.45, 2.75) is 52.0 Å². The maximum absolute atomic E-state index is 12.8. The zero-order valence-electron chi connectivity index (χ0n) is 12.4. The second kappa shape index (κ2) is 6.79. The van der Waals surface area contributed by atoms with E-state index in [0.717, 1.165) is 55.6 Å². The van der Waals surface area contributed by atoms with Crippen molar-refractivity contribution in [3.8, 4) is 0 Å². The molecule has 1 aromatic heterocycles. The fraction of sp³-hybridized carbons (Fsp3) is 0.667. The number of nitrogens with zero attached hydrogens (tertiary/aromatic N) is 3. The number of nitrogens with two attached hydrogens (primary N) is 1. The predicted octanol–water partition coefficient (Wildman–Crippen LogP) is 1.69. The molecule has 0 radical (unpaired) electrons. The molecule has 1 fully saturated rings. The number of amides is 1. The molecule has 0 spiro atoms. The molecule has 1 aliphatic heterocycles. The van der Waals surface area contributed by atoms with Crippen LogP contribution in [0.2, 0.25) is 0 Å². The van der Waals surface area contributed by atoms with E-state index in [1.54, 1.807) is 0 Å². The molecule has 110 valence electrons. The van der Waals surface area contributed by atoms with Crippen molar-refractivity contribution >= 4 is 5.91 Å². The standard InChI is InChI=1S/C15H24N4O/c1-3-14-13(10-11(2)17-18-14)15(20)19-9-5-7-12(19)6-4-8-16/h10,12H,3-9,16H2,1-2H3. The van der Waals surface area contributed by atoms with Gasteiger partial charge in [0.05, 0.1) is 17.0 Å². The van der Waals surface area contributed by atoms with Gasteiger partial charge in [0.25, 0.3) is 5.91 Å². The molecule has 0 bridgehead atoms. The first kappa shape index (κ1) is 14.9. The van der Waals surface area contributed by atoms with Crippen molar-refractivity contribution in [1.82, 2.24) is 15.1 Å². The molecule has 5 nitrogen and oxygen atoms in total. The van der Waals surface area contributed by atoms with Crippen molar-refractivity contribution < 1.29 is 4.79 Å². The van der Waals surface area contributed by atoms with Gasteiger partial charge >= 0.3 is 0 Å². The molecule has 0 aliphatic carbocycles. The van der Waals surface area contributed by atoms with Crippen molar-refractivity contribution in [1.29, 1.82) is 0 Å². The number of hydrogen-bond acceptors (Lipinski definition) is 4. The van der Waals surface area contributed by atoms with E-state index in [1.807, 2.05) is 24.8 Å². The minimum atomic E-state index is 0.111. The monoisotopic (exact) mass is 276 g/mol. The summed E-state index contributed by atoms with van der Waals surface area (Å²) < 4.78 is 0. The third-order valence-electron chi connectivity index (χ3n) is 3.94. The lowest BCUT2D eigenvalue weighted by Crippen LogP contribution is -2.36. The molecular formula is C15H24N4O. The van der Waals surface area contributed by atoms with Crippen LogP contribution in [0.5, 0.6) is 0 Å². The Morgan fingerprint density at radius 3 is 3.00 bits per heavy atom. The number of carbonyl (C=O) groups is 1. The smallest absolute Gasteiger partial charge is 0.256 e. The largest absolute Gasteiger partial charge is 0.336 e. The molecule has 1 unspecified atom stereocenters. The van der Waals surface area contributed by atoms with Gasteiger partial charge in [-0.2, -0.15) is 10.2 Å². The molecule has 1 amide bonds. The van der Waals surface area contributed by atoms with Crippen LogP contribution in [-0.4, -0.2) is 40.1 Å². The molecule has 20 heavy (non-hydrogen) atoms. The van der Waals surface area contributed by atoms with Crippen molar-refractivity contribution in [3.63, 3.8) is 0 Å². The topological polar surface area (TPSA) is 72.1 Å². The second-order valence-corrected chi connectivity index (χ2v) is 5.43. The van der Waals surface area contributed by atoms with Crippen LogP contribution in [-0.2, 0) is 6.42 Å². The summed E-state index contributed by atoms with van der Waals surface area (Å²) in [4.78, 5) is 14.8. The van der Waals surface area contributed by atoms with Gasteiger partial charge in [0.15, 0.2) is 0 Å². The van der Waals surface area contributed by atoms with E-state index in [-0.39, 0.29) is 5.91 Å². The fourth-order valence-electron chi connectivity index (χ4n) is 2.87. The average molecular weight is 276 g/mol. The highest BCUT2D eigenvalue weighted by Crippen LogP contribution is 2.24. The summed E-state index contributed by atoms with van der Waals surface area (Å²) in [6.07, 6.45) is 4.88. The lowest BCUT2D eigenvalue weighted by molar-refractivity contribution is 0.0727. The molecule has 0 saturated carbocycles. The minimum absolute atomic E-state index is 0.111. The summed E-state index contributed by atoms with van der Waals surface area (Å²) >= 11 is 0. The number of hydrogen-bond donors (Lipinski definition) is 1. The predicted molar refractivity (Wildman–Crippen MR) is 78.5 cm³/mol. The molecule has 0 aromatic carbocycles. The molecule has 2 heterocycles. The summed E-state index contributed by atoms with van der Waals surface area (Å²) in [5, 5.41) is 8.21. The Kier molecular flexibility index (Phi) is 5.06. The van der Waals surface area contributed by atoms with Gasteiger partial charge in [0.2, 0.25) is 0 Å². The zero-order chi connectivity index (χ0) is 14.5. The molecule has 5 heteroatoms. The Morgan fingerprint density at radius 1 is 1.50 bits per heavy atom. The Morgan fingerprint density at radius 2 is 2.30 bits per heavy atom. The number of likely N-dealkylation sites (tertiary alicyclic amines) is 1. The normalized spacial score (nSPS) is 18.6. The molecule has 1 atom stereocenters. The third kappa shape index (κ3) is 3.15. The quantitative estimate of drug-likeness (QED) is 0.888. The summed E-state index contributed by atoms with van der Waals surface area (Å²) in [6, 6.07) is 2.20. The molecule has 2 rings (SSSR count). The van der Waals surface area contributed by atoms with Gasteiger partial charge in [-0.25, -0.2) is 0 Å². The van der Waals surface area contributed by atoms with Crippen LogP contribution in [0.1, 0.15) is 54.4 Å². The minimum Gasteiger partial charge on any atom is -0.336 e. The van der Waals surface area contributed by atoms with Crippen LogP contribution >= 0.6 is 0 Å². The van der Waals surface area contributed by atoms with Crippen LogP contribution in [0.15, 0.2) is 6.07 Å². The summed E-state index contributed by atoms with van der Waals surface area (Å²) in [5.41, 5.74) is 7.90. The highest BCUT2D eigenvalue weighted by molar-refractivity contribution is 5.95. The molecule has 1 aliphatic rings. The maximum atomic E-state index is 12.8.